The summed E-state index contributed by atoms with van der Waals surface area (Å²) in [7, 11) is 0. The van der Waals surface area contributed by atoms with E-state index in [9.17, 15) is 4.79 Å². The molecule has 0 saturated carbocycles. The first kappa shape index (κ1) is 19.6. The lowest BCUT2D eigenvalue weighted by atomic mass is 10.0. The van der Waals surface area contributed by atoms with E-state index in [1.807, 2.05) is 0 Å². The third-order valence-corrected chi connectivity index (χ3v) is 3.81. The summed E-state index contributed by atoms with van der Waals surface area (Å²) in [4.78, 5) is 10.9. The molecule has 0 aliphatic carbocycles. The van der Waals surface area contributed by atoms with Gasteiger partial charge in [-0.3, -0.25) is 4.79 Å². The molecule has 3 heteroatoms. The van der Waals surface area contributed by atoms with E-state index in [1.165, 1.54) is 64.2 Å². The highest BCUT2D eigenvalue weighted by Crippen LogP contribution is 2.13. The van der Waals surface area contributed by atoms with E-state index in [-0.39, 0.29) is 0 Å². The van der Waals surface area contributed by atoms with Gasteiger partial charge in [-0.2, -0.15) is 0 Å². The van der Waals surface area contributed by atoms with Crippen LogP contribution >= 0.6 is 0 Å². The predicted molar refractivity (Wildman–Crippen MR) is 83.5 cm³/mol. The van der Waals surface area contributed by atoms with Gasteiger partial charge in [-0.25, -0.2) is 0 Å². The zero-order valence-electron chi connectivity index (χ0n) is 13.3. The fraction of sp³-hybridized carbons (Fsp3) is 0.941. The summed E-state index contributed by atoms with van der Waals surface area (Å²) < 4.78 is 0. The lowest BCUT2D eigenvalue weighted by Crippen LogP contribution is -2.18. The molecule has 2 N–H and O–H groups in total. The molecule has 0 bridgehead atoms. The van der Waals surface area contributed by atoms with E-state index in [0.717, 1.165) is 19.3 Å². The first-order valence-electron chi connectivity index (χ1n) is 8.57. The summed E-state index contributed by atoms with van der Waals surface area (Å²) >= 11 is 0. The van der Waals surface area contributed by atoms with Crippen LogP contribution in [0.25, 0.3) is 0 Å². The van der Waals surface area contributed by atoms with Gasteiger partial charge >= 0.3 is 0 Å². The number of unbranched alkanes of at least 4 members (excludes halogenated alkanes) is 12. The third-order valence-electron chi connectivity index (χ3n) is 3.81. The molecule has 120 valence electrons. The molecule has 0 aromatic carbocycles. The van der Waals surface area contributed by atoms with Crippen LogP contribution in [0, 0.1) is 0 Å². The van der Waals surface area contributed by atoms with Crippen LogP contribution in [-0.4, -0.2) is 22.3 Å². The smallest absolute Gasteiger partial charge is 0.212 e. The highest BCUT2D eigenvalue weighted by atomic mass is 16.5. The third kappa shape index (κ3) is 14.0. The second kappa shape index (κ2) is 15.0. The van der Waals surface area contributed by atoms with Crippen LogP contribution < -0.4 is 0 Å². The van der Waals surface area contributed by atoms with E-state index in [2.05, 4.69) is 6.92 Å². The van der Waals surface area contributed by atoms with E-state index in [4.69, 9.17) is 10.2 Å². The molecule has 0 aromatic heterocycles. The van der Waals surface area contributed by atoms with E-state index < -0.39 is 12.1 Å². The van der Waals surface area contributed by atoms with Crippen molar-refractivity contribution in [2.24, 2.45) is 0 Å². The van der Waals surface area contributed by atoms with Crippen molar-refractivity contribution >= 4 is 5.78 Å². The first-order valence-corrected chi connectivity index (χ1v) is 8.57. The molecule has 0 aromatic rings. The monoisotopic (exact) mass is 286 g/mol. The summed E-state index contributed by atoms with van der Waals surface area (Å²) in [6.45, 7) is 2.25. The zero-order valence-corrected chi connectivity index (χ0v) is 13.3. The molecule has 20 heavy (non-hydrogen) atoms. The highest BCUT2D eigenvalue weighted by molar-refractivity contribution is 5.81. The number of hydrogen-bond donors (Lipinski definition) is 2. The highest BCUT2D eigenvalue weighted by Gasteiger charge is 2.09. The fourth-order valence-electron chi connectivity index (χ4n) is 2.45. The molecule has 3 nitrogen and oxygen atoms in total. The molecule has 0 unspecified atom stereocenters. The molecule has 0 heterocycles. The van der Waals surface area contributed by atoms with Crippen molar-refractivity contribution in [3.8, 4) is 0 Å². The van der Waals surface area contributed by atoms with Crippen LogP contribution in [0.2, 0.25) is 0 Å². The van der Waals surface area contributed by atoms with Crippen molar-refractivity contribution in [1.29, 1.82) is 0 Å². The normalized spacial score (nSPS) is 11.2. The number of rotatable bonds is 15. The van der Waals surface area contributed by atoms with Gasteiger partial charge in [-0.05, 0) is 6.42 Å². The summed E-state index contributed by atoms with van der Waals surface area (Å²) in [6.07, 6.45) is 15.0. The van der Waals surface area contributed by atoms with Gasteiger partial charge < -0.3 is 10.2 Å². The molecule has 0 aliphatic rings. The molecule has 0 amide bonds. The summed E-state index contributed by atoms with van der Waals surface area (Å²) in [5.41, 5.74) is 0. The Labute approximate surface area is 124 Å². The van der Waals surface area contributed by atoms with Gasteiger partial charge in [-0.1, -0.05) is 84.0 Å². The Morgan fingerprint density at radius 1 is 0.700 bits per heavy atom. The maximum Gasteiger partial charge on any atom is 0.212 e. The molecule has 0 fully saturated rings. The number of Topliss-reactive ketones (excluding diaryl/α,β-unsaturated/α-hetero) is 1. The Morgan fingerprint density at radius 3 is 1.40 bits per heavy atom. The van der Waals surface area contributed by atoms with Gasteiger partial charge in [0.25, 0.3) is 0 Å². The van der Waals surface area contributed by atoms with E-state index >= 15 is 0 Å². The second-order valence-corrected chi connectivity index (χ2v) is 5.83. The Kier molecular flexibility index (Phi) is 14.7. The Bertz CT molecular complexity index is 214. The number of carbonyl (C=O) groups is 1. The number of carbonyl (C=O) groups excluding carboxylic acids is 1. The molecule has 0 radical (unpaired) electrons. The number of hydrogen-bond acceptors (Lipinski definition) is 3. The van der Waals surface area contributed by atoms with E-state index in [0.29, 0.717) is 6.42 Å². The molecule has 0 saturated heterocycles. The van der Waals surface area contributed by atoms with Gasteiger partial charge in [0.1, 0.15) is 0 Å². The maximum atomic E-state index is 10.9. The molecule has 0 aliphatic heterocycles. The molecular weight excluding hydrogens is 252 g/mol. The van der Waals surface area contributed by atoms with Crippen LogP contribution in [0.15, 0.2) is 0 Å². The molecule has 0 rings (SSSR count). The largest absolute Gasteiger partial charge is 0.362 e. The van der Waals surface area contributed by atoms with Crippen molar-refractivity contribution in [2.75, 3.05) is 0 Å². The van der Waals surface area contributed by atoms with Crippen LogP contribution in [0.5, 0.6) is 0 Å². The Balaban J connectivity index is 3.04. The van der Waals surface area contributed by atoms with Crippen molar-refractivity contribution < 1.29 is 15.0 Å². The average molecular weight is 286 g/mol. The van der Waals surface area contributed by atoms with Gasteiger partial charge in [0, 0.05) is 6.42 Å². The topological polar surface area (TPSA) is 57.5 Å². The van der Waals surface area contributed by atoms with Crippen LogP contribution in [0.1, 0.15) is 96.8 Å². The summed E-state index contributed by atoms with van der Waals surface area (Å²) in [5, 5.41) is 17.2. The predicted octanol–water partition coefficient (Wildman–Crippen LogP) is 4.35. The molecule has 0 atom stereocenters. The minimum atomic E-state index is -1.77. The van der Waals surface area contributed by atoms with Crippen LogP contribution in [0.4, 0.5) is 0 Å². The van der Waals surface area contributed by atoms with Crippen LogP contribution in [-0.2, 0) is 4.79 Å². The average Bonchev–Trinajstić information content (AvgIpc) is 2.43. The lowest BCUT2D eigenvalue weighted by Gasteiger charge is -2.04. The quantitative estimate of drug-likeness (QED) is 0.347. The summed E-state index contributed by atoms with van der Waals surface area (Å²) in [6, 6.07) is 0. The SMILES string of the molecule is CCCCCCCCCCCCCCCC(=O)C(O)O. The second-order valence-electron chi connectivity index (χ2n) is 5.83. The van der Waals surface area contributed by atoms with Gasteiger partial charge in [0.15, 0.2) is 5.78 Å². The van der Waals surface area contributed by atoms with E-state index in [1.54, 1.807) is 0 Å². The van der Waals surface area contributed by atoms with Crippen molar-refractivity contribution in [1.82, 2.24) is 0 Å². The van der Waals surface area contributed by atoms with Crippen molar-refractivity contribution in [3.63, 3.8) is 0 Å². The minimum Gasteiger partial charge on any atom is -0.362 e. The lowest BCUT2D eigenvalue weighted by molar-refractivity contribution is -0.145. The van der Waals surface area contributed by atoms with Gasteiger partial charge in [0.2, 0.25) is 6.29 Å². The number of ketones is 1. The fourth-order valence-corrected chi connectivity index (χ4v) is 2.45. The van der Waals surface area contributed by atoms with Crippen LogP contribution in [0.3, 0.4) is 0 Å². The number of aliphatic hydroxyl groups excluding tert-OH is 1. The van der Waals surface area contributed by atoms with Gasteiger partial charge in [-0.15, -0.1) is 0 Å². The standard InChI is InChI=1S/C17H34O3/c1-2-3-4-5-6-7-8-9-10-11-12-13-14-15-16(18)17(19)20/h17,19-20H,2-15H2,1H3. The van der Waals surface area contributed by atoms with Gasteiger partial charge in [0.05, 0.1) is 0 Å². The Hall–Kier alpha value is -0.410. The van der Waals surface area contributed by atoms with Crippen molar-refractivity contribution in [2.45, 2.75) is 103 Å². The zero-order chi connectivity index (χ0) is 15.1. The summed E-state index contributed by atoms with van der Waals surface area (Å²) in [5.74, 6) is -0.451. The first-order chi connectivity index (χ1) is 9.68. The Morgan fingerprint density at radius 2 is 1.05 bits per heavy atom. The minimum absolute atomic E-state index is 0.301. The molecular formula is C17H34O3. The van der Waals surface area contributed by atoms with Crippen molar-refractivity contribution in [3.05, 3.63) is 0 Å². The maximum absolute atomic E-state index is 10.9. The number of aliphatic hydroxyl groups is 2. The molecule has 0 spiro atoms.